The monoisotopic (exact) mass is 434 g/mol. The maximum absolute atomic E-state index is 12.2. The average Bonchev–Trinajstić information content (AvgIpc) is 2.61. The molecule has 0 saturated carbocycles. The van der Waals surface area contributed by atoms with E-state index in [2.05, 4.69) is 42.0 Å². The van der Waals surface area contributed by atoms with Crippen molar-refractivity contribution in [2.24, 2.45) is 0 Å². The molecule has 2 aromatic rings. The summed E-state index contributed by atoms with van der Waals surface area (Å²) in [6, 6.07) is 10.4. The molecule has 0 aliphatic heterocycles. The molecule has 0 aliphatic carbocycles. The lowest BCUT2D eigenvalue weighted by molar-refractivity contribution is -0.119. The van der Waals surface area contributed by atoms with Gasteiger partial charge in [0.2, 0.25) is 0 Å². The van der Waals surface area contributed by atoms with Crippen LogP contribution in [0.25, 0.3) is 0 Å². The first-order valence-electron chi connectivity index (χ1n) is 8.32. The molecule has 3 N–H and O–H groups in total. The van der Waals surface area contributed by atoms with Crippen LogP contribution in [0, 0.1) is 0 Å². The smallest absolute Gasteiger partial charge is 0.340 e. The first kappa shape index (κ1) is 20.8. The van der Waals surface area contributed by atoms with Crippen LogP contribution in [0.5, 0.6) is 5.75 Å². The van der Waals surface area contributed by atoms with Crippen molar-refractivity contribution in [1.82, 2.24) is 0 Å². The molecule has 7 heteroatoms. The van der Waals surface area contributed by atoms with Gasteiger partial charge >= 0.3 is 5.97 Å². The van der Waals surface area contributed by atoms with Crippen LogP contribution in [-0.2, 0) is 14.9 Å². The average molecular weight is 435 g/mol. The molecule has 27 heavy (non-hydrogen) atoms. The van der Waals surface area contributed by atoms with Gasteiger partial charge in [-0.1, -0.05) is 42.8 Å². The number of amides is 1. The number of ether oxygens (including phenoxy) is 2. The molecule has 144 valence electrons. The summed E-state index contributed by atoms with van der Waals surface area (Å²) in [6.07, 6.45) is 0. The highest BCUT2D eigenvalue weighted by atomic mass is 79.9. The Labute approximate surface area is 167 Å². The van der Waals surface area contributed by atoms with Crippen LogP contribution < -0.4 is 15.8 Å². The number of esters is 1. The lowest BCUT2D eigenvalue weighted by Crippen LogP contribution is -2.22. The Bertz CT molecular complexity index is 860. The third-order valence-electron chi connectivity index (χ3n) is 3.91. The minimum Gasteiger partial charge on any atom is -0.495 e. The van der Waals surface area contributed by atoms with Crippen molar-refractivity contribution in [3.63, 3.8) is 0 Å². The number of carbonyl (C=O) groups is 2. The van der Waals surface area contributed by atoms with Gasteiger partial charge in [-0.05, 0) is 41.3 Å². The Morgan fingerprint density at radius 3 is 2.48 bits per heavy atom. The summed E-state index contributed by atoms with van der Waals surface area (Å²) in [5.74, 6) is -0.612. The second-order valence-electron chi connectivity index (χ2n) is 7.02. The standard InChI is InChI=1S/C20H23BrN2O4/c1-20(2,3)12-5-8-17(26-4)16(9-12)23-18(24)11-27-19(25)14-10-13(21)6-7-15(14)22/h5-10H,11,22H2,1-4H3,(H,23,24). The van der Waals surface area contributed by atoms with Crippen molar-refractivity contribution in [3.05, 3.63) is 52.0 Å². The van der Waals surface area contributed by atoms with Crippen LogP contribution >= 0.6 is 15.9 Å². The Morgan fingerprint density at radius 1 is 1.15 bits per heavy atom. The Balaban J connectivity index is 2.07. The minimum absolute atomic E-state index is 0.0869. The highest BCUT2D eigenvalue weighted by molar-refractivity contribution is 9.10. The van der Waals surface area contributed by atoms with E-state index in [1.165, 1.54) is 7.11 Å². The second-order valence-corrected chi connectivity index (χ2v) is 7.94. The first-order valence-corrected chi connectivity index (χ1v) is 9.11. The maximum atomic E-state index is 12.2. The highest BCUT2D eigenvalue weighted by Gasteiger charge is 2.18. The van der Waals surface area contributed by atoms with E-state index in [-0.39, 0.29) is 16.7 Å². The van der Waals surface area contributed by atoms with Crippen molar-refractivity contribution >= 4 is 39.2 Å². The van der Waals surface area contributed by atoms with Gasteiger partial charge in [-0.3, -0.25) is 4.79 Å². The first-order chi connectivity index (χ1) is 12.6. The van der Waals surface area contributed by atoms with E-state index in [4.69, 9.17) is 15.2 Å². The molecule has 2 aromatic carbocycles. The fourth-order valence-electron chi connectivity index (χ4n) is 2.37. The number of benzene rings is 2. The molecular weight excluding hydrogens is 412 g/mol. The molecule has 0 fully saturated rings. The van der Waals surface area contributed by atoms with Gasteiger partial charge in [-0.2, -0.15) is 0 Å². The molecule has 0 radical (unpaired) electrons. The van der Waals surface area contributed by atoms with E-state index < -0.39 is 18.5 Å². The van der Waals surface area contributed by atoms with Crippen LogP contribution in [0.15, 0.2) is 40.9 Å². The number of nitrogens with one attached hydrogen (secondary N) is 1. The lowest BCUT2D eigenvalue weighted by atomic mass is 9.87. The van der Waals surface area contributed by atoms with Crippen molar-refractivity contribution in [3.8, 4) is 5.75 Å². The number of halogens is 1. The van der Waals surface area contributed by atoms with Crippen molar-refractivity contribution < 1.29 is 19.1 Å². The topological polar surface area (TPSA) is 90.6 Å². The van der Waals surface area contributed by atoms with Crippen LogP contribution in [-0.4, -0.2) is 25.6 Å². The van der Waals surface area contributed by atoms with Crippen molar-refractivity contribution in [2.45, 2.75) is 26.2 Å². The second kappa shape index (κ2) is 8.43. The van der Waals surface area contributed by atoms with E-state index in [1.54, 1.807) is 24.3 Å². The van der Waals surface area contributed by atoms with Crippen LogP contribution in [0.2, 0.25) is 0 Å². The van der Waals surface area contributed by atoms with Gasteiger partial charge in [0.05, 0.1) is 18.4 Å². The third kappa shape index (κ3) is 5.47. The van der Waals surface area contributed by atoms with Crippen LogP contribution in [0.1, 0.15) is 36.7 Å². The molecule has 0 aliphatic rings. The van der Waals surface area contributed by atoms with Crippen molar-refractivity contribution in [1.29, 1.82) is 0 Å². The molecule has 0 spiro atoms. The maximum Gasteiger partial charge on any atom is 0.340 e. The van der Waals surface area contributed by atoms with E-state index in [0.717, 1.165) is 5.56 Å². The summed E-state index contributed by atoms with van der Waals surface area (Å²) in [4.78, 5) is 24.4. The molecule has 0 heterocycles. The Morgan fingerprint density at radius 2 is 1.85 bits per heavy atom. The molecule has 6 nitrogen and oxygen atoms in total. The number of rotatable bonds is 5. The summed E-state index contributed by atoms with van der Waals surface area (Å²) >= 11 is 3.27. The number of hydrogen-bond donors (Lipinski definition) is 2. The molecule has 0 saturated heterocycles. The van der Waals surface area contributed by atoms with E-state index in [0.29, 0.717) is 15.9 Å². The molecule has 0 atom stereocenters. The predicted octanol–water partition coefficient (Wildman–Crippen LogP) is 4.13. The molecule has 1 amide bonds. The van der Waals surface area contributed by atoms with Crippen LogP contribution in [0.4, 0.5) is 11.4 Å². The molecule has 2 rings (SSSR count). The number of nitrogens with two attached hydrogens (primary N) is 1. The number of carbonyl (C=O) groups excluding carboxylic acids is 2. The van der Waals surface area contributed by atoms with Crippen molar-refractivity contribution in [2.75, 3.05) is 24.8 Å². The fourth-order valence-corrected chi connectivity index (χ4v) is 2.73. The summed E-state index contributed by atoms with van der Waals surface area (Å²) < 4.78 is 11.1. The summed E-state index contributed by atoms with van der Waals surface area (Å²) in [6.45, 7) is 5.79. The Hall–Kier alpha value is -2.54. The summed E-state index contributed by atoms with van der Waals surface area (Å²) in [5, 5.41) is 2.73. The minimum atomic E-state index is -0.667. The normalized spacial score (nSPS) is 11.0. The quantitative estimate of drug-likeness (QED) is 0.545. The van der Waals surface area contributed by atoms with Gasteiger partial charge in [-0.25, -0.2) is 4.79 Å². The number of methoxy groups -OCH3 is 1. The van der Waals surface area contributed by atoms with Gasteiger partial charge in [0.1, 0.15) is 5.75 Å². The molecule has 0 bridgehead atoms. The largest absolute Gasteiger partial charge is 0.495 e. The highest BCUT2D eigenvalue weighted by Crippen LogP contribution is 2.31. The van der Waals surface area contributed by atoms with Gasteiger partial charge in [-0.15, -0.1) is 0 Å². The number of nitrogen functional groups attached to an aromatic ring is 1. The van der Waals surface area contributed by atoms with E-state index in [1.807, 2.05) is 12.1 Å². The summed E-state index contributed by atoms with van der Waals surface area (Å²) in [7, 11) is 1.53. The molecular formula is C20H23BrN2O4. The zero-order valence-electron chi connectivity index (χ0n) is 15.8. The Kier molecular flexibility index (Phi) is 6.49. The molecule has 0 aromatic heterocycles. The number of anilines is 2. The predicted molar refractivity (Wildman–Crippen MR) is 109 cm³/mol. The third-order valence-corrected chi connectivity index (χ3v) is 4.40. The SMILES string of the molecule is COc1ccc(C(C)(C)C)cc1NC(=O)COC(=O)c1cc(Br)ccc1N. The van der Waals surface area contributed by atoms with Gasteiger partial charge < -0.3 is 20.5 Å². The zero-order chi connectivity index (χ0) is 20.2. The van der Waals surface area contributed by atoms with E-state index in [9.17, 15) is 9.59 Å². The van der Waals surface area contributed by atoms with Gasteiger partial charge in [0, 0.05) is 10.2 Å². The fraction of sp³-hybridized carbons (Fsp3) is 0.300. The van der Waals surface area contributed by atoms with E-state index >= 15 is 0 Å². The number of hydrogen-bond acceptors (Lipinski definition) is 5. The molecule has 0 unspecified atom stereocenters. The summed E-state index contributed by atoms with van der Waals surface area (Å²) in [5.41, 5.74) is 7.73. The van der Waals surface area contributed by atoms with Gasteiger partial charge in [0.25, 0.3) is 5.91 Å². The zero-order valence-corrected chi connectivity index (χ0v) is 17.3. The van der Waals surface area contributed by atoms with Crippen LogP contribution in [0.3, 0.4) is 0 Å². The van der Waals surface area contributed by atoms with Gasteiger partial charge in [0.15, 0.2) is 6.61 Å². The lowest BCUT2D eigenvalue weighted by Gasteiger charge is -2.21.